The molecule has 0 saturated heterocycles. The normalized spacial score (nSPS) is 10.1. The number of carbonyl (C=O) groups excluding carboxylic acids is 2. The summed E-state index contributed by atoms with van der Waals surface area (Å²) in [6, 6.07) is 3.62. The van der Waals surface area contributed by atoms with Gasteiger partial charge in [-0.05, 0) is 18.2 Å². The Balaban J connectivity index is 2.46. The number of methoxy groups -OCH3 is 1. The van der Waals surface area contributed by atoms with Crippen LogP contribution in [0.1, 0.15) is 21.0 Å². The summed E-state index contributed by atoms with van der Waals surface area (Å²) in [6.07, 6.45) is 1.74. The van der Waals surface area contributed by atoms with Crippen molar-refractivity contribution < 1.29 is 18.7 Å². The van der Waals surface area contributed by atoms with E-state index < -0.39 is 11.8 Å². The third-order valence-electron chi connectivity index (χ3n) is 2.22. The lowest BCUT2D eigenvalue weighted by Crippen LogP contribution is -2.06. The largest absolute Gasteiger partial charge is 0.463 e. The molecule has 92 valence electrons. The zero-order valence-electron chi connectivity index (χ0n) is 9.33. The molecule has 0 spiro atoms. The second kappa shape index (κ2) is 4.74. The molecular formula is C11H8FN3O3. The van der Waals surface area contributed by atoms with Crippen molar-refractivity contribution in [3.8, 4) is 5.69 Å². The number of ether oxygens (including phenoxy) is 1. The van der Waals surface area contributed by atoms with Crippen molar-refractivity contribution in [2.24, 2.45) is 0 Å². The van der Waals surface area contributed by atoms with Gasteiger partial charge in [0.2, 0.25) is 0 Å². The van der Waals surface area contributed by atoms with Gasteiger partial charge in [-0.25, -0.2) is 18.9 Å². The maximum absolute atomic E-state index is 13.0. The van der Waals surface area contributed by atoms with Crippen LogP contribution >= 0.6 is 0 Å². The Bertz CT molecular complexity index is 609. The molecule has 0 aliphatic rings. The third kappa shape index (κ3) is 2.10. The van der Waals surface area contributed by atoms with Gasteiger partial charge < -0.3 is 4.74 Å². The second-order valence-electron chi connectivity index (χ2n) is 3.33. The van der Waals surface area contributed by atoms with Gasteiger partial charge in [0.15, 0.2) is 6.29 Å². The maximum Gasteiger partial charge on any atom is 0.377 e. The van der Waals surface area contributed by atoms with E-state index in [4.69, 9.17) is 0 Å². The summed E-state index contributed by atoms with van der Waals surface area (Å²) in [6.45, 7) is 0. The number of nitrogens with zero attached hydrogens (tertiary/aromatic N) is 3. The van der Waals surface area contributed by atoms with Crippen LogP contribution in [0.3, 0.4) is 0 Å². The summed E-state index contributed by atoms with van der Waals surface area (Å²) < 4.78 is 18.6. The molecule has 0 unspecified atom stereocenters. The molecule has 0 aliphatic carbocycles. The molecule has 0 amide bonds. The van der Waals surface area contributed by atoms with Crippen molar-refractivity contribution in [1.82, 2.24) is 14.8 Å². The van der Waals surface area contributed by atoms with Crippen molar-refractivity contribution in [2.45, 2.75) is 0 Å². The van der Waals surface area contributed by atoms with Crippen LogP contribution in [0.5, 0.6) is 0 Å². The van der Waals surface area contributed by atoms with Gasteiger partial charge in [0, 0.05) is 5.56 Å². The van der Waals surface area contributed by atoms with Gasteiger partial charge in [-0.3, -0.25) is 4.79 Å². The number of halogens is 1. The summed E-state index contributed by atoms with van der Waals surface area (Å²) >= 11 is 0. The molecule has 18 heavy (non-hydrogen) atoms. The quantitative estimate of drug-likeness (QED) is 0.599. The van der Waals surface area contributed by atoms with Gasteiger partial charge in [0.1, 0.15) is 12.1 Å². The average molecular weight is 249 g/mol. The predicted molar refractivity (Wildman–Crippen MR) is 58.0 cm³/mol. The van der Waals surface area contributed by atoms with Gasteiger partial charge in [-0.2, -0.15) is 0 Å². The van der Waals surface area contributed by atoms with E-state index in [0.717, 1.165) is 6.07 Å². The number of rotatable bonds is 3. The molecule has 0 atom stereocenters. The lowest BCUT2D eigenvalue weighted by atomic mass is 10.2. The fraction of sp³-hybridized carbons (Fsp3) is 0.0909. The molecule has 0 radical (unpaired) electrons. The minimum Gasteiger partial charge on any atom is -0.463 e. The number of hydrogen-bond donors (Lipinski definition) is 0. The van der Waals surface area contributed by atoms with Gasteiger partial charge >= 0.3 is 5.97 Å². The fourth-order valence-electron chi connectivity index (χ4n) is 1.39. The number of aldehydes is 1. The highest BCUT2D eigenvalue weighted by atomic mass is 19.1. The second-order valence-corrected chi connectivity index (χ2v) is 3.33. The third-order valence-corrected chi connectivity index (χ3v) is 2.22. The molecular weight excluding hydrogens is 241 g/mol. The Kier molecular flexibility index (Phi) is 3.13. The predicted octanol–water partition coefficient (Wildman–Crippen LogP) is 1.01. The molecule has 0 fully saturated rings. The smallest absolute Gasteiger partial charge is 0.377 e. The van der Waals surface area contributed by atoms with Gasteiger partial charge in [0.25, 0.3) is 5.82 Å². The van der Waals surface area contributed by atoms with Crippen LogP contribution < -0.4 is 0 Å². The van der Waals surface area contributed by atoms with Crippen LogP contribution in [0.2, 0.25) is 0 Å². The van der Waals surface area contributed by atoms with Crippen LogP contribution in [-0.4, -0.2) is 34.1 Å². The Labute approximate surface area is 101 Å². The Morgan fingerprint density at radius 3 is 2.94 bits per heavy atom. The fourth-order valence-corrected chi connectivity index (χ4v) is 1.39. The molecule has 0 bridgehead atoms. The summed E-state index contributed by atoms with van der Waals surface area (Å²) in [5.74, 6) is -1.36. The Hall–Kier alpha value is -2.57. The van der Waals surface area contributed by atoms with E-state index in [9.17, 15) is 14.0 Å². The van der Waals surface area contributed by atoms with E-state index >= 15 is 0 Å². The first-order valence-corrected chi connectivity index (χ1v) is 4.91. The van der Waals surface area contributed by atoms with Crippen molar-refractivity contribution in [1.29, 1.82) is 0 Å². The number of carbonyl (C=O) groups is 2. The van der Waals surface area contributed by atoms with Gasteiger partial charge in [-0.15, -0.1) is 5.10 Å². The highest BCUT2D eigenvalue weighted by Crippen LogP contribution is 2.13. The van der Waals surface area contributed by atoms with E-state index in [0.29, 0.717) is 12.0 Å². The lowest BCUT2D eigenvalue weighted by Gasteiger charge is -2.03. The lowest BCUT2D eigenvalue weighted by molar-refractivity contribution is 0.0587. The number of esters is 1. The minimum atomic E-state index is -0.691. The molecule has 1 aromatic heterocycles. The van der Waals surface area contributed by atoms with E-state index in [1.165, 1.54) is 30.3 Å². The maximum atomic E-state index is 13.0. The monoisotopic (exact) mass is 249 g/mol. The first-order valence-electron chi connectivity index (χ1n) is 4.91. The van der Waals surface area contributed by atoms with Gasteiger partial charge in [-0.1, -0.05) is 0 Å². The van der Waals surface area contributed by atoms with Crippen molar-refractivity contribution in [3.63, 3.8) is 0 Å². The topological polar surface area (TPSA) is 74.1 Å². The van der Waals surface area contributed by atoms with Crippen molar-refractivity contribution >= 4 is 12.3 Å². The molecule has 1 aromatic carbocycles. The van der Waals surface area contributed by atoms with E-state index in [2.05, 4.69) is 14.8 Å². The molecule has 2 rings (SSSR count). The van der Waals surface area contributed by atoms with Gasteiger partial charge in [0.05, 0.1) is 12.8 Å². The zero-order valence-corrected chi connectivity index (χ0v) is 9.33. The van der Waals surface area contributed by atoms with E-state index in [1.807, 2.05) is 0 Å². The Morgan fingerprint density at radius 2 is 2.28 bits per heavy atom. The van der Waals surface area contributed by atoms with Crippen molar-refractivity contribution in [2.75, 3.05) is 7.11 Å². The summed E-state index contributed by atoms with van der Waals surface area (Å²) in [5, 5.41) is 3.84. The van der Waals surface area contributed by atoms with Crippen LogP contribution in [0.4, 0.5) is 4.39 Å². The van der Waals surface area contributed by atoms with E-state index in [1.54, 1.807) is 0 Å². The molecule has 1 heterocycles. The highest BCUT2D eigenvalue weighted by Gasteiger charge is 2.13. The molecule has 2 aromatic rings. The molecule has 0 N–H and O–H groups in total. The highest BCUT2D eigenvalue weighted by molar-refractivity contribution is 5.85. The number of aromatic nitrogens is 3. The van der Waals surface area contributed by atoms with Crippen LogP contribution in [0, 0.1) is 5.82 Å². The van der Waals surface area contributed by atoms with Crippen LogP contribution in [-0.2, 0) is 4.74 Å². The zero-order chi connectivity index (χ0) is 13.1. The summed E-state index contributed by atoms with van der Waals surface area (Å²) in [4.78, 5) is 25.7. The summed E-state index contributed by atoms with van der Waals surface area (Å²) in [7, 11) is 1.21. The molecule has 6 nitrogen and oxygen atoms in total. The first-order chi connectivity index (χ1) is 8.65. The first kappa shape index (κ1) is 11.9. The summed E-state index contributed by atoms with van der Waals surface area (Å²) in [5.41, 5.74) is 0.436. The molecule has 0 saturated carbocycles. The average Bonchev–Trinajstić information content (AvgIpc) is 2.87. The van der Waals surface area contributed by atoms with Crippen LogP contribution in [0.25, 0.3) is 5.69 Å². The standard InChI is InChI=1S/C11H8FN3O3/c1-18-11(17)10-13-6-15(14-10)9-3-2-8(12)4-7(9)5-16/h2-6H,1H3. The SMILES string of the molecule is COC(=O)c1ncn(-c2ccc(F)cc2C=O)n1. The Morgan fingerprint density at radius 1 is 1.50 bits per heavy atom. The molecule has 0 aliphatic heterocycles. The molecule has 7 heteroatoms. The number of benzene rings is 1. The number of hydrogen-bond acceptors (Lipinski definition) is 5. The van der Waals surface area contributed by atoms with E-state index in [-0.39, 0.29) is 11.4 Å². The van der Waals surface area contributed by atoms with Crippen LogP contribution in [0.15, 0.2) is 24.5 Å². The van der Waals surface area contributed by atoms with Crippen molar-refractivity contribution in [3.05, 3.63) is 41.7 Å². The minimum absolute atomic E-state index is 0.108.